The molecule has 6 nitrogen and oxygen atoms in total. The predicted octanol–water partition coefficient (Wildman–Crippen LogP) is 3.02. The number of rotatable bonds is 4. The molecule has 0 radical (unpaired) electrons. The fraction of sp³-hybridized carbons (Fsp3) is 0.292. The molecule has 1 aromatic heterocycles. The van der Waals surface area contributed by atoms with Crippen LogP contribution in [0.1, 0.15) is 46.9 Å². The van der Waals surface area contributed by atoms with Crippen molar-refractivity contribution in [2.24, 2.45) is 0 Å². The number of hydrogen-bond donors (Lipinski definition) is 1. The van der Waals surface area contributed by atoms with E-state index in [1.807, 2.05) is 41.3 Å². The summed E-state index contributed by atoms with van der Waals surface area (Å²) in [4.78, 5) is 26.3. The first-order valence-electron chi connectivity index (χ1n) is 10.4. The van der Waals surface area contributed by atoms with Gasteiger partial charge in [0.25, 0.3) is 0 Å². The van der Waals surface area contributed by atoms with Gasteiger partial charge in [0.15, 0.2) is 0 Å². The van der Waals surface area contributed by atoms with E-state index >= 15 is 0 Å². The lowest BCUT2D eigenvalue weighted by Crippen LogP contribution is -2.46. The molecule has 0 saturated carbocycles. The molecular weight excluding hydrogens is 378 g/mol. The summed E-state index contributed by atoms with van der Waals surface area (Å²) in [5.74, 6) is 0.710. The lowest BCUT2D eigenvalue weighted by molar-refractivity contribution is -0.135. The van der Waals surface area contributed by atoms with Crippen LogP contribution in [0.25, 0.3) is 0 Å². The second-order valence-electron chi connectivity index (χ2n) is 7.89. The van der Waals surface area contributed by atoms with Gasteiger partial charge in [-0.05, 0) is 17.5 Å². The molecule has 2 aliphatic heterocycles. The maximum atomic E-state index is 13.0. The van der Waals surface area contributed by atoms with E-state index in [0.29, 0.717) is 32.4 Å². The molecule has 3 heterocycles. The van der Waals surface area contributed by atoms with E-state index < -0.39 is 6.04 Å². The molecule has 1 atom stereocenters. The van der Waals surface area contributed by atoms with Crippen molar-refractivity contribution in [2.75, 3.05) is 6.54 Å². The highest BCUT2D eigenvalue weighted by atomic mass is 16.5. The normalized spacial score (nSPS) is 18.4. The van der Waals surface area contributed by atoms with Gasteiger partial charge >= 0.3 is 0 Å². The fourth-order valence-corrected chi connectivity index (χ4v) is 4.46. The van der Waals surface area contributed by atoms with E-state index in [0.717, 1.165) is 28.1 Å². The van der Waals surface area contributed by atoms with Crippen LogP contribution in [0.15, 0.2) is 65.2 Å². The molecule has 2 amide bonds. The van der Waals surface area contributed by atoms with Crippen molar-refractivity contribution in [1.82, 2.24) is 15.4 Å². The number of benzene rings is 2. The zero-order valence-electron chi connectivity index (χ0n) is 16.6. The maximum Gasteiger partial charge on any atom is 0.245 e. The Morgan fingerprint density at radius 2 is 1.70 bits per heavy atom. The van der Waals surface area contributed by atoms with Crippen LogP contribution in [-0.2, 0) is 22.6 Å². The van der Waals surface area contributed by atoms with Gasteiger partial charge in [0, 0.05) is 24.9 Å². The van der Waals surface area contributed by atoms with Crippen molar-refractivity contribution < 1.29 is 14.1 Å². The summed E-state index contributed by atoms with van der Waals surface area (Å²) in [7, 11) is 0. The molecule has 152 valence electrons. The SMILES string of the molecule is O=C1CC[C@@H](C(=O)N2CCc3onc(C(c4ccccc4)c4ccccc4)c3C2)N1. The summed E-state index contributed by atoms with van der Waals surface area (Å²) in [6, 6.07) is 20.1. The lowest BCUT2D eigenvalue weighted by Gasteiger charge is -2.29. The van der Waals surface area contributed by atoms with Crippen molar-refractivity contribution >= 4 is 11.8 Å². The minimum absolute atomic E-state index is 0.0189. The molecule has 0 bridgehead atoms. The van der Waals surface area contributed by atoms with E-state index in [9.17, 15) is 9.59 Å². The summed E-state index contributed by atoms with van der Waals surface area (Å²) in [5.41, 5.74) is 4.10. The van der Waals surface area contributed by atoms with Crippen LogP contribution in [0.3, 0.4) is 0 Å². The number of nitrogens with zero attached hydrogens (tertiary/aromatic N) is 2. The van der Waals surface area contributed by atoms with Crippen LogP contribution in [0.4, 0.5) is 0 Å². The highest BCUT2D eigenvalue weighted by Gasteiger charge is 2.35. The molecule has 30 heavy (non-hydrogen) atoms. The highest BCUT2D eigenvalue weighted by Crippen LogP contribution is 2.36. The van der Waals surface area contributed by atoms with Crippen molar-refractivity contribution in [2.45, 2.75) is 37.8 Å². The Hall–Kier alpha value is -3.41. The molecule has 3 aromatic rings. The Morgan fingerprint density at radius 3 is 2.30 bits per heavy atom. The van der Waals surface area contributed by atoms with Crippen molar-refractivity contribution in [3.05, 3.63) is 88.8 Å². The Morgan fingerprint density at radius 1 is 1.03 bits per heavy atom. The van der Waals surface area contributed by atoms with Gasteiger partial charge in [0.2, 0.25) is 11.8 Å². The molecule has 0 unspecified atom stereocenters. The molecule has 2 aromatic carbocycles. The van der Waals surface area contributed by atoms with Gasteiger partial charge in [-0.1, -0.05) is 65.8 Å². The largest absolute Gasteiger partial charge is 0.361 e. The van der Waals surface area contributed by atoms with Crippen LogP contribution < -0.4 is 5.32 Å². The Balaban J connectivity index is 1.49. The number of carbonyl (C=O) groups excluding carboxylic acids is 2. The molecule has 5 rings (SSSR count). The van der Waals surface area contributed by atoms with Gasteiger partial charge in [0.1, 0.15) is 17.5 Å². The number of amides is 2. The van der Waals surface area contributed by atoms with E-state index in [4.69, 9.17) is 4.52 Å². The zero-order valence-corrected chi connectivity index (χ0v) is 16.6. The van der Waals surface area contributed by atoms with Crippen LogP contribution in [-0.4, -0.2) is 34.5 Å². The zero-order chi connectivity index (χ0) is 20.5. The third-order valence-electron chi connectivity index (χ3n) is 6.00. The van der Waals surface area contributed by atoms with E-state index in [1.165, 1.54) is 0 Å². The van der Waals surface area contributed by atoms with Crippen LogP contribution in [0.2, 0.25) is 0 Å². The molecule has 1 saturated heterocycles. The predicted molar refractivity (Wildman–Crippen MR) is 111 cm³/mol. The second kappa shape index (κ2) is 7.78. The molecule has 1 fully saturated rings. The first-order valence-corrected chi connectivity index (χ1v) is 10.4. The lowest BCUT2D eigenvalue weighted by atomic mass is 9.85. The third kappa shape index (κ3) is 3.38. The van der Waals surface area contributed by atoms with E-state index in [2.05, 4.69) is 34.7 Å². The first-order chi connectivity index (χ1) is 14.7. The average molecular weight is 401 g/mol. The van der Waals surface area contributed by atoms with Gasteiger partial charge < -0.3 is 14.7 Å². The number of hydrogen-bond acceptors (Lipinski definition) is 4. The standard InChI is InChI=1S/C24H23N3O3/c28-21-12-11-19(25-21)24(29)27-14-13-20-18(15-27)23(26-30-20)22(16-7-3-1-4-8-16)17-9-5-2-6-10-17/h1-10,19,22H,11-15H2,(H,25,28)/t19-/m0/s1. The van der Waals surface area contributed by atoms with Crippen LogP contribution >= 0.6 is 0 Å². The molecule has 6 heteroatoms. The van der Waals surface area contributed by atoms with E-state index in [1.54, 1.807) is 0 Å². The average Bonchev–Trinajstić information content (AvgIpc) is 3.41. The topological polar surface area (TPSA) is 75.4 Å². The maximum absolute atomic E-state index is 13.0. The number of fused-ring (bicyclic) bond motifs is 1. The van der Waals surface area contributed by atoms with Gasteiger partial charge in [-0.25, -0.2) is 0 Å². The highest BCUT2D eigenvalue weighted by molar-refractivity contribution is 5.90. The summed E-state index contributed by atoms with van der Waals surface area (Å²) >= 11 is 0. The molecule has 0 aliphatic carbocycles. The summed E-state index contributed by atoms with van der Waals surface area (Å²) < 4.78 is 5.72. The fourth-order valence-electron chi connectivity index (χ4n) is 4.46. The van der Waals surface area contributed by atoms with Crippen molar-refractivity contribution in [3.63, 3.8) is 0 Å². The van der Waals surface area contributed by atoms with Gasteiger partial charge in [-0.3, -0.25) is 9.59 Å². The third-order valence-corrected chi connectivity index (χ3v) is 6.00. The van der Waals surface area contributed by atoms with E-state index in [-0.39, 0.29) is 17.7 Å². The Kier molecular flexibility index (Phi) is 4.83. The van der Waals surface area contributed by atoms with Crippen molar-refractivity contribution in [3.8, 4) is 0 Å². The van der Waals surface area contributed by atoms with Gasteiger partial charge in [-0.2, -0.15) is 0 Å². The number of nitrogens with one attached hydrogen (secondary N) is 1. The molecule has 0 spiro atoms. The molecular formula is C24H23N3O3. The smallest absolute Gasteiger partial charge is 0.245 e. The summed E-state index contributed by atoms with van der Waals surface area (Å²) in [6.07, 6.45) is 1.61. The van der Waals surface area contributed by atoms with Gasteiger partial charge in [-0.15, -0.1) is 0 Å². The second-order valence-corrected chi connectivity index (χ2v) is 7.89. The van der Waals surface area contributed by atoms with Crippen LogP contribution in [0.5, 0.6) is 0 Å². The minimum atomic E-state index is -0.415. The molecule has 1 N–H and O–H groups in total. The quantitative estimate of drug-likeness (QED) is 0.729. The Labute approximate surface area is 174 Å². The molecule has 2 aliphatic rings. The minimum Gasteiger partial charge on any atom is -0.361 e. The summed E-state index contributed by atoms with van der Waals surface area (Å²) in [5, 5.41) is 7.26. The van der Waals surface area contributed by atoms with Gasteiger partial charge in [0.05, 0.1) is 12.5 Å². The Bertz CT molecular complexity index is 1020. The van der Waals surface area contributed by atoms with Crippen molar-refractivity contribution in [1.29, 1.82) is 0 Å². The summed E-state index contributed by atoms with van der Waals surface area (Å²) in [6.45, 7) is 1.03. The number of aromatic nitrogens is 1. The first kappa shape index (κ1) is 18.6. The monoisotopic (exact) mass is 401 g/mol. The number of carbonyl (C=O) groups is 2. The van der Waals surface area contributed by atoms with Crippen LogP contribution in [0, 0.1) is 0 Å².